The van der Waals surface area contributed by atoms with Gasteiger partial charge in [0.05, 0.1) is 12.2 Å². The number of alkyl halides is 1. The van der Waals surface area contributed by atoms with E-state index >= 15 is 0 Å². The van der Waals surface area contributed by atoms with Crippen molar-refractivity contribution >= 4 is 12.1 Å². The normalized spacial score (nSPS) is 30.5. The standard InChI is InChI=1S/C10H12FN3O5/c11-6-7(17)5(3-16)19-9(6)14-1-4(2-15)8(12)13-10(14)18/h1-2,5-7,9,16-17H,3H2,(H2,12,13,18)/t5-,6+,7?,9-/m1/s1. The minimum Gasteiger partial charge on any atom is -0.394 e. The highest BCUT2D eigenvalue weighted by Crippen LogP contribution is 2.30. The molecule has 0 saturated carbocycles. The van der Waals surface area contributed by atoms with Crippen molar-refractivity contribution in [2.75, 3.05) is 12.3 Å². The van der Waals surface area contributed by atoms with Crippen LogP contribution in [-0.2, 0) is 4.74 Å². The summed E-state index contributed by atoms with van der Waals surface area (Å²) >= 11 is 0. The lowest BCUT2D eigenvalue weighted by atomic mass is 10.1. The van der Waals surface area contributed by atoms with Crippen LogP contribution in [0, 0.1) is 0 Å². The first-order valence-corrected chi connectivity index (χ1v) is 5.42. The molecule has 4 atom stereocenters. The lowest BCUT2D eigenvalue weighted by molar-refractivity contribution is -0.0491. The highest BCUT2D eigenvalue weighted by molar-refractivity contribution is 5.80. The van der Waals surface area contributed by atoms with E-state index in [4.69, 9.17) is 15.6 Å². The fourth-order valence-electron chi connectivity index (χ4n) is 1.85. The number of ether oxygens (including phenoxy) is 1. The van der Waals surface area contributed by atoms with Crippen LogP contribution in [0.25, 0.3) is 0 Å². The predicted octanol–water partition coefficient (Wildman–Crippen LogP) is -1.77. The third-order valence-corrected chi connectivity index (χ3v) is 2.89. The Labute approximate surface area is 106 Å². The monoisotopic (exact) mass is 273 g/mol. The van der Waals surface area contributed by atoms with Gasteiger partial charge in [-0.05, 0) is 0 Å². The topological polar surface area (TPSA) is 128 Å². The van der Waals surface area contributed by atoms with E-state index in [-0.39, 0.29) is 11.4 Å². The SMILES string of the molecule is Nc1nc(=O)n([C@@H]2O[C@H](CO)C(O)[C@@H]2F)cc1C=O. The van der Waals surface area contributed by atoms with E-state index in [2.05, 4.69) is 4.98 Å². The average Bonchev–Trinajstić information content (AvgIpc) is 2.67. The summed E-state index contributed by atoms with van der Waals surface area (Å²) in [5, 5.41) is 18.4. The average molecular weight is 273 g/mol. The molecule has 0 amide bonds. The molecule has 0 bridgehead atoms. The molecule has 2 heterocycles. The van der Waals surface area contributed by atoms with E-state index in [1.54, 1.807) is 0 Å². The Bertz CT molecular complexity index is 548. The van der Waals surface area contributed by atoms with E-state index in [0.717, 1.165) is 10.8 Å². The maximum atomic E-state index is 13.8. The summed E-state index contributed by atoms with van der Waals surface area (Å²) < 4.78 is 19.6. The fourth-order valence-corrected chi connectivity index (χ4v) is 1.85. The molecule has 4 N–H and O–H groups in total. The molecule has 1 saturated heterocycles. The number of aromatic nitrogens is 2. The number of hydrogen-bond acceptors (Lipinski definition) is 7. The van der Waals surface area contributed by atoms with Gasteiger partial charge in [0.25, 0.3) is 0 Å². The van der Waals surface area contributed by atoms with Gasteiger partial charge < -0.3 is 20.7 Å². The molecule has 8 nitrogen and oxygen atoms in total. The number of halogens is 1. The van der Waals surface area contributed by atoms with Crippen molar-refractivity contribution in [1.82, 2.24) is 9.55 Å². The number of nitrogens with two attached hydrogens (primary N) is 1. The van der Waals surface area contributed by atoms with Gasteiger partial charge >= 0.3 is 5.69 Å². The Balaban J connectivity index is 2.43. The van der Waals surface area contributed by atoms with Crippen LogP contribution in [0.2, 0.25) is 0 Å². The second-order valence-corrected chi connectivity index (χ2v) is 4.07. The summed E-state index contributed by atoms with van der Waals surface area (Å²) in [6.45, 7) is -0.601. The minimum absolute atomic E-state index is 0.0997. The van der Waals surface area contributed by atoms with E-state index < -0.39 is 36.9 Å². The van der Waals surface area contributed by atoms with Crippen LogP contribution in [0.5, 0.6) is 0 Å². The largest absolute Gasteiger partial charge is 0.394 e. The maximum absolute atomic E-state index is 13.8. The number of aliphatic hydroxyl groups is 2. The van der Waals surface area contributed by atoms with Crippen molar-refractivity contribution in [3.05, 3.63) is 22.2 Å². The number of nitrogens with zero attached hydrogens (tertiary/aromatic N) is 2. The van der Waals surface area contributed by atoms with Crippen LogP contribution in [0.4, 0.5) is 10.2 Å². The van der Waals surface area contributed by atoms with Gasteiger partial charge in [-0.3, -0.25) is 9.36 Å². The van der Waals surface area contributed by atoms with Crippen molar-refractivity contribution in [3.63, 3.8) is 0 Å². The minimum atomic E-state index is -1.93. The molecule has 0 aliphatic carbocycles. The third kappa shape index (κ3) is 2.23. The second kappa shape index (κ2) is 5.03. The Hall–Kier alpha value is -1.84. The van der Waals surface area contributed by atoms with E-state index in [9.17, 15) is 19.1 Å². The molecule has 0 aromatic carbocycles. The number of nitrogen functional groups attached to an aromatic ring is 1. The molecule has 1 unspecified atom stereocenters. The van der Waals surface area contributed by atoms with Crippen LogP contribution in [0.1, 0.15) is 16.6 Å². The third-order valence-electron chi connectivity index (χ3n) is 2.89. The summed E-state index contributed by atoms with van der Waals surface area (Å²) in [6.07, 6.45) is -4.75. The quantitative estimate of drug-likeness (QED) is 0.556. The van der Waals surface area contributed by atoms with Gasteiger partial charge in [-0.1, -0.05) is 0 Å². The lowest BCUT2D eigenvalue weighted by Gasteiger charge is -2.16. The molecule has 19 heavy (non-hydrogen) atoms. The van der Waals surface area contributed by atoms with Crippen LogP contribution in [-0.4, -0.2) is 51.0 Å². The summed E-state index contributed by atoms with van der Waals surface area (Å²) in [4.78, 5) is 25.7. The number of carbonyl (C=O) groups excluding carboxylic acids is 1. The second-order valence-electron chi connectivity index (χ2n) is 4.07. The summed E-state index contributed by atoms with van der Waals surface area (Å²) in [5.74, 6) is -0.274. The van der Waals surface area contributed by atoms with Gasteiger partial charge in [-0.15, -0.1) is 0 Å². The summed E-state index contributed by atoms with van der Waals surface area (Å²) in [6, 6.07) is 0. The molecular weight excluding hydrogens is 261 g/mol. The van der Waals surface area contributed by atoms with Crippen LogP contribution in [0.3, 0.4) is 0 Å². The van der Waals surface area contributed by atoms with Gasteiger partial charge in [0, 0.05) is 6.20 Å². The lowest BCUT2D eigenvalue weighted by Crippen LogP contribution is -2.34. The highest BCUT2D eigenvalue weighted by Gasteiger charge is 2.45. The van der Waals surface area contributed by atoms with Crippen molar-refractivity contribution in [3.8, 4) is 0 Å². The first kappa shape index (κ1) is 13.6. The van der Waals surface area contributed by atoms with Gasteiger partial charge in [0.15, 0.2) is 18.7 Å². The molecule has 2 rings (SSSR count). The Kier molecular flexibility index (Phi) is 3.60. The van der Waals surface area contributed by atoms with E-state index in [1.165, 1.54) is 0 Å². The number of aldehydes is 1. The number of anilines is 1. The van der Waals surface area contributed by atoms with Gasteiger partial charge in [-0.25, -0.2) is 9.18 Å². The van der Waals surface area contributed by atoms with Gasteiger partial charge in [0.2, 0.25) is 0 Å². The molecule has 0 spiro atoms. The molecule has 1 aromatic rings. The molecule has 0 radical (unpaired) electrons. The zero-order valence-corrected chi connectivity index (χ0v) is 9.64. The highest BCUT2D eigenvalue weighted by atomic mass is 19.1. The van der Waals surface area contributed by atoms with Crippen molar-refractivity contribution < 1.29 is 24.1 Å². The molecule has 9 heteroatoms. The maximum Gasteiger partial charge on any atom is 0.351 e. The number of rotatable bonds is 3. The number of carbonyl (C=O) groups is 1. The first-order chi connectivity index (χ1) is 8.99. The molecular formula is C10H12FN3O5. The van der Waals surface area contributed by atoms with E-state index in [0.29, 0.717) is 6.29 Å². The molecule has 1 aliphatic heterocycles. The van der Waals surface area contributed by atoms with Crippen molar-refractivity contribution in [1.29, 1.82) is 0 Å². The van der Waals surface area contributed by atoms with Crippen LogP contribution < -0.4 is 11.4 Å². The Morgan fingerprint density at radius 3 is 2.84 bits per heavy atom. The number of aliphatic hydroxyl groups excluding tert-OH is 2. The zero-order valence-electron chi connectivity index (χ0n) is 9.64. The Morgan fingerprint density at radius 2 is 2.32 bits per heavy atom. The first-order valence-electron chi connectivity index (χ1n) is 5.42. The number of hydrogen-bond donors (Lipinski definition) is 3. The predicted molar refractivity (Wildman–Crippen MR) is 60.2 cm³/mol. The smallest absolute Gasteiger partial charge is 0.351 e. The van der Waals surface area contributed by atoms with Gasteiger partial charge in [0.1, 0.15) is 18.0 Å². The van der Waals surface area contributed by atoms with Crippen LogP contribution >= 0.6 is 0 Å². The fraction of sp³-hybridized carbons (Fsp3) is 0.500. The zero-order chi connectivity index (χ0) is 14.2. The molecule has 104 valence electrons. The van der Waals surface area contributed by atoms with E-state index in [1.807, 2.05) is 0 Å². The molecule has 1 aromatic heterocycles. The summed E-state index contributed by atoms with van der Waals surface area (Å²) in [7, 11) is 0. The van der Waals surface area contributed by atoms with Crippen LogP contribution in [0.15, 0.2) is 11.0 Å². The summed E-state index contributed by atoms with van der Waals surface area (Å²) in [5.41, 5.74) is 4.32. The molecule has 1 aliphatic rings. The van der Waals surface area contributed by atoms with Crippen molar-refractivity contribution in [2.24, 2.45) is 0 Å². The van der Waals surface area contributed by atoms with Crippen molar-refractivity contribution in [2.45, 2.75) is 24.6 Å². The molecule has 1 fully saturated rings. The van der Waals surface area contributed by atoms with Gasteiger partial charge in [-0.2, -0.15) is 4.98 Å². The Morgan fingerprint density at radius 1 is 1.63 bits per heavy atom.